The van der Waals surface area contributed by atoms with Crippen LogP contribution in [0.15, 0.2) is 78.0 Å². The zero-order chi connectivity index (χ0) is 22.8. The second kappa shape index (κ2) is 9.03. The minimum absolute atomic E-state index is 0.00875. The molecule has 0 spiro atoms. The Morgan fingerprint density at radius 3 is 2.70 bits per heavy atom. The molecule has 3 aromatic carbocycles. The first-order valence-electron chi connectivity index (χ1n) is 10.7. The van der Waals surface area contributed by atoms with Crippen molar-refractivity contribution < 1.29 is 9.59 Å². The highest BCUT2D eigenvalue weighted by Crippen LogP contribution is 2.27. The summed E-state index contributed by atoms with van der Waals surface area (Å²) in [4.78, 5) is 24.5. The van der Waals surface area contributed by atoms with Crippen LogP contribution in [0, 0.1) is 6.92 Å². The van der Waals surface area contributed by atoms with Crippen molar-refractivity contribution in [1.29, 1.82) is 0 Å². The number of aromatic nitrogens is 3. The van der Waals surface area contributed by atoms with Gasteiger partial charge < -0.3 is 5.32 Å². The van der Waals surface area contributed by atoms with E-state index < -0.39 is 0 Å². The smallest absolute Gasteiger partial charge is 0.228 e. The zero-order valence-electron chi connectivity index (χ0n) is 18.1. The fourth-order valence-corrected chi connectivity index (χ4v) is 4.79. The lowest BCUT2D eigenvalue weighted by atomic mass is 10.1. The van der Waals surface area contributed by atoms with Crippen LogP contribution in [0.1, 0.15) is 32.9 Å². The molecule has 1 aliphatic heterocycles. The van der Waals surface area contributed by atoms with E-state index in [1.54, 1.807) is 12.1 Å². The van der Waals surface area contributed by atoms with Crippen molar-refractivity contribution >= 4 is 29.1 Å². The molecule has 1 aromatic heterocycles. The number of amides is 1. The second-order valence-corrected chi connectivity index (χ2v) is 8.99. The third-order valence-electron chi connectivity index (χ3n) is 5.55. The molecule has 1 aliphatic rings. The van der Waals surface area contributed by atoms with Gasteiger partial charge >= 0.3 is 0 Å². The zero-order valence-corrected chi connectivity index (χ0v) is 18.9. The highest BCUT2D eigenvalue weighted by Gasteiger charge is 2.20. The number of nitrogens with one attached hydrogen (secondary N) is 1. The van der Waals surface area contributed by atoms with Crippen LogP contribution >= 0.6 is 11.8 Å². The first-order valence-corrected chi connectivity index (χ1v) is 11.7. The molecule has 1 amide bonds. The Bertz CT molecular complexity index is 1350. The summed E-state index contributed by atoms with van der Waals surface area (Å²) in [5.41, 5.74) is 5.51. The third-order valence-corrected chi connectivity index (χ3v) is 6.48. The summed E-state index contributed by atoms with van der Waals surface area (Å²) in [7, 11) is 0. The average Bonchev–Trinajstić information content (AvgIpc) is 3.39. The molecule has 2 heterocycles. The number of nitrogens with zero attached hydrogens (tertiary/aromatic N) is 3. The summed E-state index contributed by atoms with van der Waals surface area (Å²) in [5, 5.41) is 12.4. The van der Waals surface area contributed by atoms with Crippen molar-refractivity contribution in [2.45, 2.75) is 24.9 Å². The maximum atomic E-state index is 12.9. The number of hydrogen-bond acceptors (Lipinski definition) is 5. The molecule has 0 aliphatic carbocycles. The minimum atomic E-state index is -0.0406. The molecule has 6 nitrogen and oxygen atoms in total. The maximum absolute atomic E-state index is 12.9. The van der Waals surface area contributed by atoms with Gasteiger partial charge in [0.25, 0.3) is 0 Å². The molecule has 164 valence electrons. The lowest BCUT2D eigenvalue weighted by molar-refractivity contribution is -0.115. The third kappa shape index (κ3) is 4.59. The Hall–Kier alpha value is -3.71. The van der Waals surface area contributed by atoms with E-state index in [0.717, 1.165) is 33.9 Å². The minimum Gasteiger partial charge on any atom is -0.326 e. The molecule has 0 radical (unpaired) electrons. The molecule has 33 heavy (non-hydrogen) atoms. The molecule has 0 saturated heterocycles. The van der Waals surface area contributed by atoms with Gasteiger partial charge in [0.2, 0.25) is 5.91 Å². The topological polar surface area (TPSA) is 76.9 Å². The van der Waals surface area contributed by atoms with Gasteiger partial charge in [0, 0.05) is 23.4 Å². The first kappa shape index (κ1) is 21.2. The van der Waals surface area contributed by atoms with Gasteiger partial charge in [-0.2, -0.15) is 0 Å². The van der Waals surface area contributed by atoms with Crippen LogP contribution in [0.25, 0.3) is 5.69 Å². The Balaban J connectivity index is 1.40. The van der Waals surface area contributed by atoms with Crippen molar-refractivity contribution in [3.8, 4) is 5.69 Å². The van der Waals surface area contributed by atoms with Crippen LogP contribution in [-0.2, 0) is 17.6 Å². The van der Waals surface area contributed by atoms with E-state index in [-0.39, 0.29) is 17.4 Å². The molecular formula is C26H22N4O2S. The van der Waals surface area contributed by atoms with Gasteiger partial charge in [0.05, 0.1) is 12.2 Å². The SMILES string of the molecule is Cc1cccc(-n2c(Cc3ccccc3)nnc2SCC(=O)c2ccc3c(c2)CC(=O)N3)c1. The predicted molar refractivity (Wildman–Crippen MR) is 129 cm³/mol. The Morgan fingerprint density at radius 2 is 1.88 bits per heavy atom. The van der Waals surface area contributed by atoms with Gasteiger partial charge in [-0.05, 0) is 53.9 Å². The van der Waals surface area contributed by atoms with Crippen LogP contribution < -0.4 is 5.32 Å². The molecule has 4 aromatic rings. The van der Waals surface area contributed by atoms with Crippen LogP contribution in [0.5, 0.6) is 0 Å². The van der Waals surface area contributed by atoms with Crippen LogP contribution in [0.4, 0.5) is 5.69 Å². The molecule has 1 N–H and O–H groups in total. The molecule has 0 atom stereocenters. The lowest BCUT2D eigenvalue weighted by Gasteiger charge is -2.11. The summed E-state index contributed by atoms with van der Waals surface area (Å²) in [6.45, 7) is 2.05. The fraction of sp³-hybridized carbons (Fsp3) is 0.154. The normalized spacial score (nSPS) is 12.5. The fourth-order valence-electron chi connectivity index (χ4n) is 3.93. The number of benzene rings is 3. The van der Waals surface area contributed by atoms with Gasteiger partial charge in [-0.25, -0.2) is 0 Å². The second-order valence-electron chi connectivity index (χ2n) is 8.04. The molecular weight excluding hydrogens is 432 g/mol. The Morgan fingerprint density at radius 1 is 1.03 bits per heavy atom. The van der Waals surface area contributed by atoms with Gasteiger partial charge in [0.15, 0.2) is 10.9 Å². The molecule has 0 unspecified atom stereocenters. The van der Waals surface area contributed by atoms with Crippen molar-refractivity contribution in [3.05, 3.63) is 101 Å². The van der Waals surface area contributed by atoms with E-state index in [2.05, 4.69) is 46.7 Å². The highest BCUT2D eigenvalue weighted by atomic mass is 32.2. The first-order chi connectivity index (χ1) is 16.1. The van der Waals surface area contributed by atoms with E-state index >= 15 is 0 Å². The molecule has 0 bridgehead atoms. The van der Waals surface area contributed by atoms with Crippen molar-refractivity contribution in [3.63, 3.8) is 0 Å². The van der Waals surface area contributed by atoms with E-state index in [9.17, 15) is 9.59 Å². The van der Waals surface area contributed by atoms with E-state index in [1.807, 2.05) is 41.0 Å². The Labute approximate surface area is 196 Å². The number of aryl methyl sites for hydroxylation is 1. The largest absolute Gasteiger partial charge is 0.326 e. The molecule has 0 fully saturated rings. The van der Waals surface area contributed by atoms with Crippen LogP contribution in [0.3, 0.4) is 0 Å². The molecule has 5 rings (SSSR count). The quantitative estimate of drug-likeness (QED) is 0.325. The van der Waals surface area contributed by atoms with E-state index in [1.165, 1.54) is 11.8 Å². The number of ketones is 1. The maximum Gasteiger partial charge on any atom is 0.228 e. The summed E-state index contributed by atoms with van der Waals surface area (Å²) in [5.74, 6) is 1.01. The van der Waals surface area contributed by atoms with E-state index in [4.69, 9.17) is 0 Å². The van der Waals surface area contributed by atoms with Gasteiger partial charge in [-0.3, -0.25) is 14.2 Å². The summed E-state index contributed by atoms with van der Waals surface area (Å²) in [6, 6.07) is 23.7. The Kier molecular flexibility index (Phi) is 5.79. The highest BCUT2D eigenvalue weighted by molar-refractivity contribution is 7.99. The van der Waals surface area contributed by atoms with Gasteiger partial charge in [0.1, 0.15) is 5.82 Å². The van der Waals surface area contributed by atoms with Crippen LogP contribution in [-0.4, -0.2) is 32.2 Å². The van der Waals surface area contributed by atoms with Gasteiger partial charge in [-0.1, -0.05) is 54.2 Å². The van der Waals surface area contributed by atoms with Crippen LogP contribution in [0.2, 0.25) is 0 Å². The molecule has 7 heteroatoms. The monoisotopic (exact) mass is 454 g/mol. The number of thioether (sulfide) groups is 1. The summed E-state index contributed by atoms with van der Waals surface area (Å²) >= 11 is 1.37. The van der Waals surface area contributed by atoms with Crippen molar-refractivity contribution in [2.24, 2.45) is 0 Å². The van der Waals surface area contributed by atoms with Crippen molar-refractivity contribution in [2.75, 3.05) is 11.1 Å². The number of carbonyl (C=O) groups excluding carboxylic acids is 2. The number of carbonyl (C=O) groups is 2. The standard InChI is InChI=1S/C26H22N4O2S/c1-17-6-5-9-21(12-17)30-24(13-18-7-3-2-4-8-18)28-29-26(30)33-16-23(31)19-10-11-22-20(14-19)15-25(32)27-22/h2-12,14H,13,15-16H2,1H3,(H,27,32). The lowest BCUT2D eigenvalue weighted by Crippen LogP contribution is -2.07. The number of hydrogen-bond donors (Lipinski definition) is 1. The number of Topliss-reactive ketones (excluding diaryl/α,β-unsaturated/α-hetero) is 1. The number of rotatable bonds is 7. The number of fused-ring (bicyclic) bond motifs is 1. The van der Waals surface area contributed by atoms with E-state index in [0.29, 0.717) is 23.6 Å². The van der Waals surface area contributed by atoms with Crippen molar-refractivity contribution in [1.82, 2.24) is 14.8 Å². The average molecular weight is 455 g/mol. The predicted octanol–water partition coefficient (Wildman–Crippen LogP) is 4.64. The summed E-state index contributed by atoms with van der Waals surface area (Å²) < 4.78 is 2.03. The van der Waals surface area contributed by atoms with Gasteiger partial charge in [-0.15, -0.1) is 10.2 Å². The number of anilines is 1. The summed E-state index contributed by atoms with van der Waals surface area (Å²) in [6.07, 6.45) is 0.955. The molecule has 0 saturated carbocycles.